The molecule has 136 valence electrons. The highest BCUT2D eigenvalue weighted by atomic mass is 19.1. The SMILES string of the molecule is Fc1ccc(CN2c3ccccc3C3(Cc4ccccc4)CCNC23)cc1. The van der Waals surface area contributed by atoms with E-state index in [9.17, 15) is 4.39 Å². The second-order valence-corrected chi connectivity index (χ2v) is 7.70. The fourth-order valence-electron chi connectivity index (χ4n) is 4.94. The van der Waals surface area contributed by atoms with Crippen LogP contribution in [0.3, 0.4) is 0 Å². The minimum atomic E-state index is -0.182. The Morgan fingerprint density at radius 1 is 0.889 bits per heavy atom. The normalized spacial score (nSPS) is 23.3. The van der Waals surface area contributed by atoms with Gasteiger partial charge in [-0.05, 0) is 54.3 Å². The molecule has 2 nitrogen and oxygen atoms in total. The largest absolute Gasteiger partial charge is 0.350 e. The van der Waals surface area contributed by atoms with Crippen LogP contribution in [0.1, 0.15) is 23.1 Å². The summed E-state index contributed by atoms with van der Waals surface area (Å²) in [5.41, 5.74) is 5.33. The zero-order valence-corrected chi connectivity index (χ0v) is 15.2. The van der Waals surface area contributed by atoms with E-state index in [1.165, 1.54) is 16.8 Å². The Morgan fingerprint density at radius 2 is 1.63 bits per heavy atom. The third kappa shape index (κ3) is 2.74. The molecule has 0 radical (unpaired) electrons. The van der Waals surface area contributed by atoms with Crippen LogP contribution in [-0.2, 0) is 18.4 Å². The number of nitrogens with one attached hydrogen (secondary N) is 1. The van der Waals surface area contributed by atoms with E-state index in [-0.39, 0.29) is 17.4 Å². The van der Waals surface area contributed by atoms with Crippen molar-refractivity contribution in [2.75, 3.05) is 11.4 Å². The molecule has 0 aromatic heterocycles. The van der Waals surface area contributed by atoms with Crippen molar-refractivity contribution >= 4 is 5.69 Å². The van der Waals surface area contributed by atoms with Crippen molar-refractivity contribution in [3.63, 3.8) is 0 Å². The lowest BCUT2D eigenvalue weighted by Crippen LogP contribution is -2.48. The predicted octanol–water partition coefficient (Wildman–Crippen LogP) is 4.65. The Bertz CT molecular complexity index is 938. The maximum Gasteiger partial charge on any atom is 0.123 e. The van der Waals surface area contributed by atoms with Crippen molar-refractivity contribution in [3.8, 4) is 0 Å². The van der Waals surface area contributed by atoms with Crippen LogP contribution in [0.2, 0.25) is 0 Å². The molecule has 1 saturated heterocycles. The number of rotatable bonds is 4. The molecule has 2 heterocycles. The van der Waals surface area contributed by atoms with Gasteiger partial charge in [-0.1, -0.05) is 60.7 Å². The van der Waals surface area contributed by atoms with Crippen LogP contribution in [0, 0.1) is 5.82 Å². The summed E-state index contributed by atoms with van der Waals surface area (Å²) >= 11 is 0. The number of para-hydroxylation sites is 1. The van der Waals surface area contributed by atoms with Crippen molar-refractivity contribution in [3.05, 3.63) is 101 Å². The highest BCUT2D eigenvalue weighted by Crippen LogP contribution is 2.51. The Hall–Kier alpha value is -2.65. The van der Waals surface area contributed by atoms with Gasteiger partial charge in [-0.25, -0.2) is 4.39 Å². The molecule has 27 heavy (non-hydrogen) atoms. The fourth-order valence-corrected chi connectivity index (χ4v) is 4.94. The quantitative estimate of drug-likeness (QED) is 0.731. The van der Waals surface area contributed by atoms with E-state index in [0.717, 1.165) is 31.5 Å². The van der Waals surface area contributed by atoms with Crippen LogP contribution in [0.4, 0.5) is 10.1 Å². The van der Waals surface area contributed by atoms with Crippen LogP contribution in [0.5, 0.6) is 0 Å². The summed E-state index contributed by atoms with van der Waals surface area (Å²) in [6.07, 6.45) is 2.42. The molecule has 2 aliphatic rings. The minimum absolute atomic E-state index is 0.0813. The van der Waals surface area contributed by atoms with Crippen molar-refractivity contribution in [1.29, 1.82) is 0 Å². The first-order valence-corrected chi connectivity index (χ1v) is 9.64. The maximum atomic E-state index is 13.3. The third-order valence-corrected chi connectivity index (χ3v) is 6.12. The molecule has 0 aliphatic carbocycles. The van der Waals surface area contributed by atoms with Gasteiger partial charge in [0.15, 0.2) is 0 Å². The molecular formula is C24H23FN2. The first-order valence-electron chi connectivity index (χ1n) is 9.64. The van der Waals surface area contributed by atoms with Gasteiger partial charge in [-0.15, -0.1) is 0 Å². The molecule has 1 fully saturated rings. The standard InChI is InChI=1S/C24H23FN2/c25-20-12-10-19(11-13-20)17-27-22-9-5-4-8-21(22)24(14-15-26-23(24)27)16-18-6-2-1-3-7-18/h1-13,23,26H,14-17H2. The lowest BCUT2D eigenvalue weighted by Gasteiger charge is -2.34. The number of hydrogen-bond acceptors (Lipinski definition) is 2. The van der Waals surface area contributed by atoms with E-state index in [1.54, 1.807) is 12.1 Å². The van der Waals surface area contributed by atoms with Gasteiger partial charge in [0.2, 0.25) is 0 Å². The van der Waals surface area contributed by atoms with E-state index in [2.05, 4.69) is 64.8 Å². The van der Waals surface area contributed by atoms with Crippen molar-refractivity contribution in [2.24, 2.45) is 0 Å². The summed E-state index contributed by atoms with van der Waals surface area (Å²) < 4.78 is 13.3. The maximum absolute atomic E-state index is 13.3. The third-order valence-electron chi connectivity index (χ3n) is 6.12. The molecule has 5 rings (SSSR count). The van der Waals surface area contributed by atoms with Gasteiger partial charge in [0, 0.05) is 17.6 Å². The van der Waals surface area contributed by atoms with E-state index in [4.69, 9.17) is 0 Å². The number of benzene rings is 3. The molecule has 1 N–H and O–H groups in total. The van der Waals surface area contributed by atoms with E-state index in [0.29, 0.717) is 0 Å². The summed E-state index contributed by atoms with van der Waals surface area (Å²) in [5, 5.41) is 3.76. The molecule has 0 bridgehead atoms. The van der Waals surface area contributed by atoms with Crippen molar-refractivity contribution < 1.29 is 4.39 Å². The lowest BCUT2D eigenvalue weighted by molar-refractivity contribution is 0.380. The predicted molar refractivity (Wildman–Crippen MR) is 107 cm³/mol. The Kier molecular flexibility index (Phi) is 3.98. The summed E-state index contributed by atoms with van der Waals surface area (Å²) in [7, 11) is 0. The fraction of sp³-hybridized carbons (Fsp3) is 0.250. The molecule has 3 aromatic rings. The second-order valence-electron chi connectivity index (χ2n) is 7.70. The number of nitrogens with zero attached hydrogens (tertiary/aromatic N) is 1. The first kappa shape index (κ1) is 16.5. The topological polar surface area (TPSA) is 15.3 Å². The van der Waals surface area contributed by atoms with E-state index in [1.807, 2.05) is 12.1 Å². The second kappa shape index (κ2) is 6.50. The van der Waals surface area contributed by atoms with Crippen LogP contribution >= 0.6 is 0 Å². The van der Waals surface area contributed by atoms with E-state index >= 15 is 0 Å². The van der Waals surface area contributed by atoms with Crippen LogP contribution < -0.4 is 10.2 Å². The Morgan fingerprint density at radius 3 is 2.44 bits per heavy atom. The lowest BCUT2D eigenvalue weighted by atomic mass is 9.74. The average molecular weight is 358 g/mol. The molecule has 2 aliphatic heterocycles. The molecule has 3 heteroatoms. The summed E-state index contributed by atoms with van der Waals surface area (Å²) in [5.74, 6) is -0.182. The van der Waals surface area contributed by atoms with Gasteiger partial charge >= 0.3 is 0 Å². The highest BCUT2D eigenvalue weighted by molar-refractivity contribution is 5.65. The van der Waals surface area contributed by atoms with Gasteiger partial charge in [0.1, 0.15) is 5.82 Å². The molecule has 0 spiro atoms. The van der Waals surface area contributed by atoms with Crippen LogP contribution in [0.25, 0.3) is 0 Å². The number of anilines is 1. The van der Waals surface area contributed by atoms with E-state index < -0.39 is 0 Å². The summed E-state index contributed by atoms with van der Waals surface area (Å²) in [6, 6.07) is 26.5. The monoisotopic (exact) mass is 358 g/mol. The summed E-state index contributed by atoms with van der Waals surface area (Å²) in [6.45, 7) is 1.80. The van der Waals surface area contributed by atoms with Gasteiger partial charge in [-0.3, -0.25) is 5.32 Å². The molecule has 2 unspecified atom stereocenters. The zero-order valence-electron chi connectivity index (χ0n) is 15.2. The van der Waals surface area contributed by atoms with Crippen LogP contribution in [0.15, 0.2) is 78.9 Å². The minimum Gasteiger partial charge on any atom is -0.350 e. The molecule has 3 aromatic carbocycles. The van der Waals surface area contributed by atoms with Crippen molar-refractivity contribution in [1.82, 2.24) is 5.32 Å². The summed E-state index contributed by atoms with van der Waals surface area (Å²) in [4.78, 5) is 2.47. The smallest absolute Gasteiger partial charge is 0.123 e. The van der Waals surface area contributed by atoms with Gasteiger partial charge in [-0.2, -0.15) is 0 Å². The molecular weight excluding hydrogens is 335 g/mol. The molecule has 0 amide bonds. The van der Waals surface area contributed by atoms with Gasteiger partial charge in [0.05, 0.1) is 6.17 Å². The molecule has 2 atom stereocenters. The number of halogens is 1. The number of fused-ring (bicyclic) bond motifs is 3. The number of hydrogen-bond donors (Lipinski definition) is 1. The van der Waals surface area contributed by atoms with Gasteiger partial charge < -0.3 is 4.90 Å². The zero-order chi connectivity index (χ0) is 18.3. The average Bonchev–Trinajstić information content (AvgIpc) is 3.22. The Balaban J connectivity index is 1.55. The first-order chi connectivity index (χ1) is 13.3. The van der Waals surface area contributed by atoms with Crippen molar-refractivity contribution in [2.45, 2.75) is 31.0 Å². The van der Waals surface area contributed by atoms with Crippen LogP contribution in [-0.4, -0.2) is 12.7 Å². The Labute approximate surface area is 159 Å². The molecule has 0 saturated carbocycles. The highest BCUT2D eigenvalue weighted by Gasteiger charge is 2.53. The van der Waals surface area contributed by atoms with Gasteiger partial charge in [0.25, 0.3) is 0 Å².